The van der Waals surface area contributed by atoms with Gasteiger partial charge in [-0.15, -0.1) is 0 Å². The average Bonchev–Trinajstić information content (AvgIpc) is 3.11. The number of carbonyl (C=O) groups excluding carboxylic acids is 2. The topological polar surface area (TPSA) is 74.8 Å². The van der Waals surface area contributed by atoms with Crippen molar-refractivity contribution < 1.29 is 14.3 Å². The van der Waals surface area contributed by atoms with Gasteiger partial charge in [0.15, 0.2) is 0 Å². The molecule has 29 heavy (non-hydrogen) atoms. The van der Waals surface area contributed by atoms with E-state index in [0.29, 0.717) is 30.9 Å². The highest BCUT2D eigenvalue weighted by atomic mass is 16.6. The molecular formula is C22H28N4O3. The van der Waals surface area contributed by atoms with Gasteiger partial charge < -0.3 is 15.0 Å². The molecule has 154 valence electrons. The quantitative estimate of drug-likeness (QED) is 0.823. The van der Waals surface area contributed by atoms with Crippen LogP contribution in [-0.4, -0.2) is 48.2 Å². The molecule has 1 atom stereocenters. The van der Waals surface area contributed by atoms with Crippen LogP contribution in [0.1, 0.15) is 26.5 Å². The second kappa shape index (κ2) is 8.51. The zero-order valence-corrected chi connectivity index (χ0v) is 17.4. The summed E-state index contributed by atoms with van der Waals surface area (Å²) in [5, 5.41) is 2.95. The molecule has 0 radical (unpaired) electrons. The van der Waals surface area contributed by atoms with Crippen LogP contribution in [0.4, 0.5) is 21.0 Å². The number of ether oxygens (including phenoxy) is 1. The summed E-state index contributed by atoms with van der Waals surface area (Å²) in [4.78, 5) is 32.5. The average molecular weight is 396 g/mol. The van der Waals surface area contributed by atoms with Crippen molar-refractivity contribution in [3.8, 4) is 0 Å². The van der Waals surface area contributed by atoms with Gasteiger partial charge in [-0.05, 0) is 35.7 Å². The maximum Gasteiger partial charge on any atom is 0.414 e. The number of carbonyl (C=O) groups is 2. The maximum absolute atomic E-state index is 13.0. The lowest BCUT2D eigenvalue weighted by Crippen LogP contribution is -2.48. The van der Waals surface area contributed by atoms with Gasteiger partial charge in [0.2, 0.25) is 0 Å². The third kappa shape index (κ3) is 5.04. The second-order valence-electron chi connectivity index (χ2n) is 8.26. The Morgan fingerprint density at radius 2 is 2.07 bits per heavy atom. The number of amides is 3. The number of nitrogens with one attached hydrogen (secondary N) is 1. The van der Waals surface area contributed by atoms with Crippen LogP contribution < -0.4 is 10.2 Å². The van der Waals surface area contributed by atoms with Crippen molar-refractivity contribution in [1.29, 1.82) is 0 Å². The molecule has 0 spiro atoms. The number of pyridine rings is 1. The van der Waals surface area contributed by atoms with Gasteiger partial charge in [0.1, 0.15) is 6.61 Å². The molecule has 1 aliphatic rings. The molecule has 0 bridgehead atoms. The minimum Gasteiger partial charge on any atom is -0.447 e. The standard InChI is InChI=1S/C22H28N4O3/c1-22(2,3)19(15-16-8-5-6-11-23-16)25(4)20(27)24-17-9-7-10-18(14-17)26-12-13-29-21(26)28/h5-11,14,19H,12-13,15H2,1-4H3,(H,24,27)/t19-/m1/s1. The number of hydrogen-bond donors (Lipinski definition) is 1. The molecule has 2 aromatic rings. The Labute approximate surface area is 171 Å². The zero-order chi connectivity index (χ0) is 21.0. The van der Waals surface area contributed by atoms with E-state index in [1.54, 1.807) is 29.1 Å². The first-order valence-electron chi connectivity index (χ1n) is 9.74. The summed E-state index contributed by atoms with van der Waals surface area (Å²) in [5.41, 5.74) is 2.14. The number of aromatic nitrogens is 1. The zero-order valence-electron chi connectivity index (χ0n) is 17.4. The van der Waals surface area contributed by atoms with Crippen LogP contribution in [0, 0.1) is 5.41 Å². The van der Waals surface area contributed by atoms with E-state index in [1.807, 2.05) is 36.4 Å². The highest BCUT2D eigenvalue weighted by Crippen LogP contribution is 2.28. The largest absolute Gasteiger partial charge is 0.447 e. The summed E-state index contributed by atoms with van der Waals surface area (Å²) >= 11 is 0. The van der Waals surface area contributed by atoms with Crippen molar-refractivity contribution in [1.82, 2.24) is 9.88 Å². The Balaban J connectivity index is 1.73. The van der Waals surface area contributed by atoms with E-state index in [4.69, 9.17) is 4.74 Å². The molecule has 1 aliphatic heterocycles. The summed E-state index contributed by atoms with van der Waals surface area (Å²) in [5.74, 6) is 0. The third-order valence-electron chi connectivity index (χ3n) is 5.09. The van der Waals surface area contributed by atoms with Crippen LogP contribution in [0.5, 0.6) is 0 Å². The lowest BCUT2D eigenvalue weighted by molar-refractivity contribution is 0.143. The van der Waals surface area contributed by atoms with Crippen LogP contribution in [0.25, 0.3) is 0 Å². The van der Waals surface area contributed by atoms with Gasteiger partial charge in [-0.2, -0.15) is 0 Å². The number of urea groups is 1. The molecule has 0 saturated carbocycles. The van der Waals surface area contributed by atoms with Crippen LogP contribution in [0.3, 0.4) is 0 Å². The Hall–Kier alpha value is -3.09. The Kier molecular flexibility index (Phi) is 6.06. The summed E-state index contributed by atoms with van der Waals surface area (Å²) in [6, 6.07) is 12.8. The molecule has 7 heteroatoms. The van der Waals surface area contributed by atoms with Crippen molar-refractivity contribution in [3.63, 3.8) is 0 Å². The Bertz CT molecular complexity index is 864. The van der Waals surface area contributed by atoms with Crippen LogP contribution in [-0.2, 0) is 11.2 Å². The fourth-order valence-corrected chi connectivity index (χ4v) is 3.47. The smallest absolute Gasteiger partial charge is 0.414 e. The van der Waals surface area contributed by atoms with E-state index in [2.05, 4.69) is 31.1 Å². The maximum atomic E-state index is 13.0. The number of nitrogens with zero attached hydrogens (tertiary/aromatic N) is 3. The predicted molar refractivity (Wildman–Crippen MR) is 113 cm³/mol. The number of hydrogen-bond acceptors (Lipinski definition) is 4. The lowest BCUT2D eigenvalue weighted by Gasteiger charge is -2.38. The number of anilines is 2. The van der Waals surface area contributed by atoms with Gasteiger partial charge in [0, 0.05) is 42.8 Å². The summed E-state index contributed by atoms with van der Waals surface area (Å²) in [6.07, 6.45) is 2.06. The van der Waals surface area contributed by atoms with Crippen LogP contribution >= 0.6 is 0 Å². The number of benzene rings is 1. The molecular weight excluding hydrogens is 368 g/mol. The fourth-order valence-electron chi connectivity index (χ4n) is 3.47. The van der Waals surface area contributed by atoms with Crippen molar-refractivity contribution >= 4 is 23.5 Å². The molecule has 1 fully saturated rings. The molecule has 1 saturated heterocycles. The van der Waals surface area contributed by atoms with E-state index in [1.165, 1.54) is 0 Å². The fraction of sp³-hybridized carbons (Fsp3) is 0.409. The molecule has 2 heterocycles. The van der Waals surface area contributed by atoms with Crippen molar-refractivity contribution in [2.24, 2.45) is 5.41 Å². The molecule has 1 aromatic heterocycles. The molecule has 7 nitrogen and oxygen atoms in total. The second-order valence-corrected chi connectivity index (χ2v) is 8.26. The van der Waals surface area contributed by atoms with Crippen molar-refractivity contribution in [3.05, 3.63) is 54.4 Å². The van der Waals surface area contributed by atoms with E-state index in [-0.39, 0.29) is 23.6 Å². The number of rotatable bonds is 5. The van der Waals surface area contributed by atoms with E-state index >= 15 is 0 Å². The van der Waals surface area contributed by atoms with Crippen molar-refractivity contribution in [2.45, 2.75) is 33.2 Å². The first kappa shape index (κ1) is 20.6. The van der Waals surface area contributed by atoms with Gasteiger partial charge >= 0.3 is 12.1 Å². The summed E-state index contributed by atoms with van der Waals surface area (Å²) in [7, 11) is 1.80. The van der Waals surface area contributed by atoms with Gasteiger partial charge in [-0.25, -0.2) is 9.59 Å². The number of likely N-dealkylation sites (N-methyl/N-ethyl adjacent to an activating group) is 1. The molecule has 3 amide bonds. The van der Waals surface area contributed by atoms with Gasteiger partial charge in [0.05, 0.1) is 6.54 Å². The normalized spacial score (nSPS) is 15.0. The molecule has 1 N–H and O–H groups in total. The molecule has 0 unspecified atom stereocenters. The predicted octanol–water partition coefficient (Wildman–Crippen LogP) is 4.16. The highest BCUT2D eigenvalue weighted by Gasteiger charge is 2.32. The van der Waals surface area contributed by atoms with E-state index in [9.17, 15) is 9.59 Å². The SMILES string of the molecule is CN(C(=O)Nc1cccc(N2CCOC2=O)c1)[C@H](Cc1ccccn1)C(C)(C)C. The lowest BCUT2D eigenvalue weighted by atomic mass is 9.83. The van der Waals surface area contributed by atoms with E-state index < -0.39 is 0 Å². The summed E-state index contributed by atoms with van der Waals surface area (Å²) < 4.78 is 4.99. The van der Waals surface area contributed by atoms with Crippen molar-refractivity contribution in [2.75, 3.05) is 30.4 Å². The van der Waals surface area contributed by atoms with Gasteiger partial charge in [-0.1, -0.05) is 32.9 Å². The monoisotopic (exact) mass is 396 g/mol. The van der Waals surface area contributed by atoms with Gasteiger partial charge in [-0.3, -0.25) is 9.88 Å². The van der Waals surface area contributed by atoms with E-state index in [0.717, 1.165) is 5.69 Å². The van der Waals surface area contributed by atoms with Crippen LogP contribution in [0.2, 0.25) is 0 Å². The third-order valence-corrected chi connectivity index (χ3v) is 5.09. The Morgan fingerprint density at radius 3 is 2.69 bits per heavy atom. The Morgan fingerprint density at radius 1 is 1.28 bits per heavy atom. The highest BCUT2D eigenvalue weighted by molar-refractivity contribution is 5.93. The summed E-state index contributed by atoms with van der Waals surface area (Å²) in [6.45, 7) is 7.23. The van der Waals surface area contributed by atoms with Gasteiger partial charge in [0.25, 0.3) is 0 Å². The first-order valence-corrected chi connectivity index (χ1v) is 9.74. The minimum absolute atomic E-state index is 0.0471. The first-order chi connectivity index (χ1) is 13.8. The minimum atomic E-state index is -0.367. The van der Waals surface area contributed by atoms with Crippen LogP contribution in [0.15, 0.2) is 48.7 Å². The molecule has 1 aromatic carbocycles. The molecule has 0 aliphatic carbocycles. The number of cyclic esters (lactones) is 1. The molecule has 3 rings (SSSR count).